The van der Waals surface area contributed by atoms with Gasteiger partial charge in [0.1, 0.15) is 5.69 Å². The molecule has 2 N–H and O–H groups in total. The fraction of sp³-hybridized carbons (Fsp3) is 0.143. The van der Waals surface area contributed by atoms with Gasteiger partial charge in [-0.05, 0) is 12.2 Å². The van der Waals surface area contributed by atoms with Gasteiger partial charge in [0.25, 0.3) is 0 Å². The summed E-state index contributed by atoms with van der Waals surface area (Å²) in [5, 5.41) is 5.52. The van der Waals surface area contributed by atoms with Gasteiger partial charge in [0.2, 0.25) is 0 Å². The Bertz CT molecular complexity index is 310. The van der Waals surface area contributed by atoms with Crippen molar-refractivity contribution in [2.75, 3.05) is 7.05 Å². The summed E-state index contributed by atoms with van der Waals surface area (Å²) in [7, 11) is 1.66. The molecule has 0 fully saturated rings. The van der Waals surface area contributed by atoms with Gasteiger partial charge in [-0.1, -0.05) is 0 Å². The van der Waals surface area contributed by atoms with E-state index in [0.29, 0.717) is 5.69 Å². The van der Waals surface area contributed by atoms with Crippen molar-refractivity contribution in [2.45, 2.75) is 0 Å². The standard InChI is InChI=1S/C7H9N5S/c1-12(7(8)13)11-5-6-4-9-2-3-10-6/h2-5H,1H3,(H2,8,13). The summed E-state index contributed by atoms with van der Waals surface area (Å²) in [6.07, 6.45) is 6.31. The third-order valence-electron chi connectivity index (χ3n) is 1.27. The highest BCUT2D eigenvalue weighted by Gasteiger charge is 1.93. The van der Waals surface area contributed by atoms with Gasteiger partial charge in [-0.25, -0.2) is 5.01 Å². The Balaban J connectivity index is 2.64. The molecule has 0 spiro atoms. The van der Waals surface area contributed by atoms with Gasteiger partial charge >= 0.3 is 0 Å². The van der Waals surface area contributed by atoms with Crippen molar-refractivity contribution >= 4 is 23.5 Å². The van der Waals surface area contributed by atoms with Crippen LogP contribution in [0.1, 0.15) is 5.69 Å². The van der Waals surface area contributed by atoms with Gasteiger partial charge in [-0.2, -0.15) is 5.10 Å². The average Bonchev–Trinajstić information content (AvgIpc) is 2.15. The minimum absolute atomic E-state index is 0.208. The number of nitrogens with zero attached hydrogens (tertiary/aromatic N) is 4. The molecule has 1 aromatic rings. The second-order valence-electron chi connectivity index (χ2n) is 2.24. The molecule has 1 heterocycles. The minimum atomic E-state index is 0.208. The van der Waals surface area contributed by atoms with Crippen LogP contribution in [0.2, 0.25) is 0 Å². The Morgan fingerprint density at radius 2 is 2.46 bits per heavy atom. The topological polar surface area (TPSA) is 67.4 Å². The highest BCUT2D eigenvalue weighted by molar-refractivity contribution is 7.80. The van der Waals surface area contributed by atoms with E-state index in [9.17, 15) is 0 Å². The average molecular weight is 195 g/mol. The number of hydrogen-bond acceptors (Lipinski definition) is 4. The van der Waals surface area contributed by atoms with Crippen molar-refractivity contribution in [1.29, 1.82) is 0 Å². The summed E-state index contributed by atoms with van der Waals surface area (Å²) in [6.45, 7) is 0. The zero-order valence-corrected chi connectivity index (χ0v) is 7.90. The molecular formula is C7H9N5S. The summed E-state index contributed by atoms with van der Waals surface area (Å²) in [5.41, 5.74) is 5.97. The van der Waals surface area contributed by atoms with E-state index in [-0.39, 0.29) is 5.11 Å². The van der Waals surface area contributed by atoms with E-state index in [2.05, 4.69) is 27.3 Å². The maximum absolute atomic E-state index is 5.31. The van der Waals surface area contributed by atoms with E-state index >= 15 is 0 Å². The van der Waals surface area contributed by atoms with Crippen molar-refractivity contribution in [3.8, 4) is 0 Å². The Hall–Kier alpha value is -1.56. The van der Waals surface area contributed by atoms with Gasteiger partial charge in [-0.15, -0.1) is 0 Å². The minimum Gasteiger partial charge on any atom is -0.375 e. The van der Waals surface area contributed by atoms with Crippen LogP contribution in [-0.4, -0.2) is 33.4 Å². The monoisotopic (exact) mass is 195 g/mol. The first-order valence-electron chi connectivity index (χ1n) is 3.53. The molecule has 0 unspecified atom stereocenters. The first kappa shape index (κ1) is 9.53. The molecule has 0 saturated heterocycles. The predicted octanol–water partition coefficient (Wildman–Crippen LogP) is -0.0141. The van der Waals surface area contributed by atoms with Crippen molar-refractivity contribution in [1.82, 2.24) is 15.0 Å². The maximum Gasteiger partial charge on any atom is 0.186 e. The predicted molar refractivity (Wildman–Crippen MR) is 54.2 cm³/mol. The van der Waals surface area contributed by atoms with Crippen molar-refractivity contribution in [2.24, 2.45) is 10.8 Å². The second-order valence-corrected chi connectivity index (χ2v) is 2.65. The molecule has 0 aliphatic carbocycles. The van der Waals surface area contributed by atoms with E-state index in [4.69, 9.17) is 5.73 Å². The quantitative estimate of drug-likeness (QED) is 0.408. The van der Waals surface area contributed by atoms with Crippen molar-refractivity contribution in [3.63, 3.8) is 0 Å². The van der Waals surface area contributed by atoms with E-state index < -0.39 is 0 Å². The summed E-state index contributed by atoms with van der Waals surface area (Å²) < 4.78 is 0. The molecule has 0 amide bonds. The summed E-state index contributed by atoms with van der Waals surface area (Å²) in [6, 6.07) is 0. The first-order chi connectivity index (χ1) is 6.20. The molecule has 1 aromatic heterocycles. The third-order valence-corrected chi connectivity index (χ3v) is 1.53. The number of rotatable bonds is 2. The lowest BCUT2D eigenvalue weighted by molar-refractivity contribution is 0.552. The van der Waals surface area contributed by atoms with Gasteiger partial charge in [0.15, 0.2) is 5.11 Å². The number of aromatic nitrogens is 2. The smallest absolute Gasteiger partial charge is 0.186 e. The Morgan fingerprint density at radius 1 is 1.69 bits per heavy atom. The van der Waals surface area contributed by atoms with Crippen molar-refractivity contribution < 1.29 is 0 Å². The molecule has 0 radical (unpaired) electrons. The van der Waals surface area contributed by atoms with E-state index in [1.807, 2.05) is 0 Å². The van der Waals surface area contributed by atoms with Gasteiger partial charge in [0, 0.05) is 19.4 Å². The molecule has 68 valence electrons. The van der Waals surface area contributed by atoms with Crippen LogP contribution >= 0.6 is 12.2 Å². The summed E-state index contributed by atoms with van der Waals surface area (Å²) in [4.78, 5) is 7.86. The molecule has 0 aliphatic heterocycles. The number of thiocarbonyl (C=S) groups is 1. The first-order valence-corrected chi connectivity index (χ1v) is 3.94. The Labute approximate surface area is 81.3 Å². The number of hydrazone groups is 1. The van der Waals surface area contributed by atoms with E-state index in [1.54, 1.807) is 25.6 Å². The van der Waals surface area contributed by atoms with Crippen LogP contribution in [0.5, 0.6) is 0 Å². The zero-order chi connectivity index (χ0) is 9.68. The third kappa shape index (κ3) is 3.12. The van der Waals surface area contributed by atoms with Crippen LogP contribution in [0.4, 0.5) is 0 Å². The molecule has 6 heteroatoms. The van der Waals surface area contributed by atoms with Crippen LogP contribution in [0, 0.1) is 0 Å². The van der Waals surface area contributed by atoms with Crippen LogP contribution in [0.3, 0.4) is 0 Å². The Kier molecular flexibility index (Phi) is 3.27. The summed E-state index contributed by atoms with van der Waals surface area (Å²) in [5.74, 6) is 0. The molecule has 1 rings (SSSR count). The SMILES string of the molecule is CN(N=Cc1cnccn1)C(N)=S. The van der Waals surface area contributed by atoms with Crippen molar-refractivity contribution in [3.05, 3.63) is 24.3 Å². The lowest BCUT2D eigenvalue weighted by Crippen LogP contribution is -2.27. The molecule has 5 nitrogen and oxygen atoms in total. The van der Waals surface area contributed by atoms with E-state index in [1.165, 1.54) is 11.2 Å². The number of nitrogens with two attached hydrogens (primary N) is 1. The van der Waals surface area contributed by atoms with Crippen LogP contribution in [-0.2, 0) is 0 Å². The highest BCUT2D eigenvalue weighted by atomic mass is 32.1. The van der Waals surface area contributed by atoms with Crippen LogP contribution in [0.25, 0.3) is 0 Å². The highest BCUT2D eigenvalue weighted by Crippen LogP contribution is 1.87. The maximum atomic E-state index is 5.31. The zero-order valence-electron chi connectivity index (χ0n) is 7.08. The normalized spacial score (nSPS) is 10.2. The summed E-state index contributed by atoms with van der Waals surface area (Å²) >= 11 is 4.69. The van der Waals surface area contributed by atoms with Gasteiger partial charge < -0.3 is 5.73 Å². The lowest BCUT2D eigenvalue weighted by Gasteiger charge is -2.07. The molecule has 0 atom stereocenters. The van der Waals surface area contributed by atoms with Crippen LogP contribution < -0.4 is 5.73 Å². The fourth-order valence-electron chi connectivity index (χ4n) is 0.580. The van der Waals surface area contributed by atoms with E-state index in [0.717, 1.165) is 0 Å². The molecule has 13 heavy (non-hydrogen) atoms. The molecule has 0 aliphatic rings. The largest absolute Gasteiger partial charge is 0.375 e. The Morgan fingerprint density at radius 3 is 3.00 bits per heavy atom. The molecular weight excluding hydrogens is 186 g/mol. The molecule has 0 bridgehead atoms. The molecule has 0 aromatic carbocycles. The number of hydrogen-bond donors (Lipinski definition) is 1. The lowest BCUT2D eigenvalue weighted by atomic mass is 10.5. The van der Waals surface area contributed by atoms with Gasteiger partial charge in [-0.3, -0.25) is 9.97 Å². The molecule has 0 saturated carbocycles. The van der Waals surface area contributed by atoms with Gasteiger partial charge in [0.05, 0.1) is 12.4 Å². The van der Waals surface area contributed by atoms with Crippen LogP contribution in [0.15, 0.2) is 23.7 Å². The fourth-order valence-corrected chi connectivity index (χ4v) is 0.627. The second kappa shape index (κ2) is 4.46.